The molecular weight excluding hydrogens is 322 g/mol. The highest BCUT2D eigenvalue weighted by Crippen LogP contribution is 2.19. The van der Waals surface area contributed by atoms with Gasteiger partial charge in [-0.2, -0.15) is 0 Å². The van der Waals surface area contributed by atoms with E-state index in [1.165, 1.54) is 0 Å². The van der Waals surface area contributed by atoms with E-state index >= 15 is 0 Å². The highest BCUT2D eigenvalue weighted by molar-refractivity contribution is 5.75. The van der Waals surface area contributed by atoms with Gasteiger partial charge in [0.15, 0.2) is 0 Å². The summed E-state index contributed by atoms with van der Waals surface area (Å²) < 4.78 is 22.2. The summed E-state index contributed by atoms with van der Waals surface area (Å²) >= 11 is 0. The van der Waals surface area contributed by atoms with Crippen LogP contribution >= 0.6 is 0 Å². The predicted octanol–water partition coefficient (Wildman–Crippen LogP) is 2.94. The predicted molar refractivity (Wildman–Crippen MR) is 99.9 cm³/mol. The Morgan fingerprint density at radius 1 is 0.920 bits per heavy atom. The van der Waals surface area contributed by atoms with E-state index in [9.17, 15) is 4.79 Å². The van der Waals surface area contributed by atoms with E-state index in [1.807, 2.05) is 6.92 Å². The standard InChI is InChI=1S/C19H39NO5/c1-5-8-11-20-18(21)9-12-23-14-15-24-16-17-25-19(4,6-2)10-13-22-7-3/h5-17H2,1-4H3,(H,20,21). The van der Waals surface area contributed by atoms with Crippen molar-refractivity contribution in [1.82, 2.24) is 5.32 Å². The van der Waals surface area contributed by atoms with E-state index in [1.54, 1.807) is 0 Å². The maximum Gasteiger partial charge on any atom is 0.222 e. The molecule has 0 aromatic carbocycles. The van der Waals surface area contributed by atoms with Gasteiger partial charge in [0, 0.05) is 26.2 Å². The Bertz CT molecular complexity index is 314. The van der Waals surface area contributed by atoms with Gasteiger partial charge in [-0.15, -0.1) is 0 Å². The van der Waals surface area contributed by atoms with Gasteiger partial charge in [0.1, 0.15) is 0 Å². The maximum atomic E-state index is 11.5. The summed E-state index contributed by atoms with van der Waals surface area (Å²) in [6.45, 7) is 13.1. The number of amides is 1. The van der Waals surface area contributed by atoms with Gasteiger partial charge in [-0.05, 0) is 33.1 Å². The molecule has 6 nitrogen and oxygen atoms in total. The van der Waals surface area contributed by atoms with Crippen LogP contribution in [0.4, 0.5) is 0 Å². The fourth-order valence-electron chi connectivity index (χ4n) is 2.11. The lowest BCUT2D eigenvalue weighted by Gasteiger charge is -2.28. The van der Waals surface area contributed by atoms with Gasteiger partial charge < -0.3 is 24.3 Å². The average Bonchev–Trinajstić information content (AvgIpc) is 2.60. The van der Waals surface area contributed by atoms with Crippen LogP contribution in [0.2, 0.25) is 0 Å². The zero-order chi connectivity index (χ0) is 18.8. The first-order chi connectivity index (χ1) is 12.1. The maximum absolute atomic E-state index is 11.5. The molecule has 1 atom stereocenters. The minimum Gasteiger partial charge on any atom is -0.382 e. The normalized spacial score (nSPS) is 13.6. The van der Waals surface area contributed by atoms with Gasteiger partial charge in [-0.3, -0.25) is 4.79 Å². The lowest BCUT2D eigenvalue weighted by molar-refractivity contribution is -0.122. The number of nitrogens with one attached hydrogen (secondary N) is 1. The third-order valence-electron chi connectivity index (χ3n) is 4.10. The first-order valence-electron chi connectivity index (χ1n) is 9.71. The van der Waals surface area contributed by atoms with Crippen LogP contribution in [-0.4, -0.2) is 64.3 Å². The Kier molecular flexibility index (Phi) is 16.3. The smallest absolute Gasteiger partial charge is 0.222 e. The molecule has 25 heavy (non-hydrogen) atoms. The fourth-order valence-corrected chi connectivity index (χ4v) is 2.11. The summed E-state index contributed by atoms with van der Waals surface area (Å²) in [6, 6.07) is 0. The fraction of sp³-hybridized carbons (Fsp3) is 0.947. The van der Waals surface area contributed by atoms with Crippen molar-refractivity contribution in [3.05, 3.63) is 0 Å². The molecule has 0 radical (unpaired) electrons. The first-order valence-corrected chi connectivity index (χ1v) is 9.71. The Morgan fingerprint density at radius 2 is 1.60 bits per heavy atom. The van der Waals surface area contributed by atoms with Gasteiger partial charge in [-0.1, -0.05) is 20.3 Å². The number of hydrogen-bond donors (Lipinski definition) is 1. The largest absolute Gasteiger partial charge is 0.382 e. The summed E-state index contributed by atoms with van der Waals surface area (Å²) in [7, 11) is 0. The SMILES string of the molecule is CCCCNC(=O)CCOCCOCCOC(C)(CC)CCOCC. The molecule has 150 valence electrons. The summed E-state index contributed by atoms with van der Waals surface area (Å²) in [5.41, 5.74) is -0.153. The van der Waals surface area contributed by atoms with Crippen molar-refractivity contribution in [3.8, 4) is 0 Å². The molecule has 0 rings (SSSR count). The molecule has 0 bridgehead atoms. The van der Waals surface area contributed by atoms with Crippen molar-refractivity contribution in [2.75, 3.05) is 52.8 Å². The van der Waals surface area contributed by atoms with Gasteiger partial charge in [0.05, 0.1) is 38.6 Å². The molecule has 0 spiro atoms. The lowest BCUT2D eigenvalue weighted by atomic mass is 9.99. The van der Waals surface area contributed by atoms with E-state index < -0.39 is 0 Å². The minimum absolute atomic E-state index is 0.0497. The van der Waals surface area contributed by atoms with Crippen molar-refractivity contribution < 1.29 is 23.7 Å². The molecular formula is C19H39NO5. The van der Waals surface area contributed by atoms with E-state index in [2.05, 4.69) is 26.1 Å². The third kappa shape index (κ3) is 15.3. The molecule has 6 heteroatoms. The number of carbonyl (C=O) groups excluding carboxylic acids is 1. The third-order valence-corrected chi connectivity index (χ3v) is 4.10. The Hall–Kier alpha value is -0.690. The molecule has 1 amide bonds. The zero-order valence-electron chi connectivity index (χ0n) is 16.7. The molecule has 1 unspecified atom stereocenters. The molecule has 1 N–H and O–H groups in total. The van der Waals surface area contributed by atoms with Crippen LogP contribution in [0.3, 0.4) is 0 Å². The van der Waals surface area contributed by atoms with E-state index in [0.717, 1.165) is 45.4 Å². The number of hydrogen-bond acceptors (Lipinski definition) is 5. The number of ether oxygens (including phenoxy) is 4. The second-order valence-corrected chi connectivity index (χ2v) is 6.28. The van der Waals surface area contributed by atoms with Crippen LogP contribution in [0.25, 0.3) is 0 Å². The second-order valence-electron chi connectivity index (χ2n) is 6.28. The van der Waals surface area contributed by atoms with Gasteiger partial charge in [0.2, 0.25) is 5.91 Å². The molecule has 0 saturated heterocycles. The topological polar surface area (TPSA) is 66.0 Å². The molecule has 0 aliphatic carbocycles. The zero-order valence-corrected chi connectivity index (χ0v) is 16.7. The van der Waals surface area contributed by atoms with Gasteiger partial charge >= 0.3 is 0 Å². The van der Waals surface area contributed by atoms with Crippen LogP contribution in [0.5, 0.6) is 0 Å². The van der Waals surface area contributed by atoms with Crippen molar-refractivity contribution in [2.45, 2.75) is 65.4 Å². The number of carbonyl (C=O) groups is 1. The van der Waals surface area contributed by atoms with E-state index in [-0.39, 0.29) is 11.5 Å². The Morgan fingerprint density at radius 3 is 2.24 bits per heavy atom. The average molecular weight is 362 g/mol. The van der Waals surface area contributed by atoms with Gasteiger partial charge in [0.25, 0.3) is 0 Å². The molecule has 0 aromatic rings. The summed E-state index contributed by atoms with van der Waals surface area (Å²) in [5, 5.41) is 2.86. The van der Waals surface area contributed by atoms with Crippen molar-refractivity contribution >= 4 is 5.91 Å². The molecule has 0 heterocycles. The summed E-state index contributed by atoms with van der Waals surface area (Å²) in [6.07, 6.45) is 4.35. The highest BCUT2D eigenvalue weighted by Gasteiger charge is 2.22. The first kappa shape index (κ1) is 24.3. The second kappa shape index (κ2) is 16.8. The molecule has 0 saturated carbocycles. The van der Waals surface area contributed by atoms with Crippen molar-refractivity contribution in [2.24, 2.45) is 0 Å². The molecule has 0 fully saturated rings. The number of unbranched alkanes of at least 4 members (excludes halogenated alkanes) is 1. The highest BCUT2D eigenvalue weighted by atomic mass is 16.6. The van der Waals surface area contributed by atoms with E-state index in [4.69, 9.17) is 18.9 Å². The molecule has 0 aromatic heterocycles. The van der Waals surface area contributed by atoms with Crippen molar-refractivity contribution in [3.63, 3.8) is 0 Å². The quantitative estimate of drug-likeness (QED) is 0.380. The summed E-state index contributed by atoms with van der Waals surface area (Å²) in [4.78, 5) is 11.5. The van der Waals surface area contributed by atoms with E-state index in [0.29, 0.717) is 39.5 Å². The van der Waals surface area contributed by atoms with Crippen molar-refractivity contribution in [1.29, 1.82) is 0 Å². The van der Waals surface area contributed by atoms with Gasteiger partial charge in [-0.25, -0.2) is 0 Å². The summed E-state index contributed by atoms with van der Waals surface area (Å²) in [5.74, 6) is 0.0497. The lowest BCUT2D eigenvalue weighted by Crippen LogP contribution is -2.31. The van der Waals surface area contributed by atoms with Crippen LogP contribution in [-0.2, 0) is 23.7 Å². The van der Waals surface area contributed by atoms with Crippen LogP contribution in [0.15, 0.2) is 0 Å². The number of rotatable bonds is 18. The Labute approximate surface area is 153 Å². The Balaban J connectivity index is 3.46. The minimum atomic E-state index is -0.153. The monoisotopic (exact) mass is 361 g/mol. The molecule has 0 aliphatic heterocycles. The van der Waals surface area contributed by atoms with Crippen LogP contribution in [0.1, 0.15) is 59.8 Å². The van der Waals surface area contributed by atoms with Crippen LogP contribution < -0.4 is 5.32 Å². The molecule has 0 aliphatic rings. The van der Waals surface area contributed by atoms with Crippen LogP contribution in [0, 0.1) is 0 Å².